The van der Waals surface area contributed by atoms with Crippen molar-refractivity contribution < 1.29 is 14.3 Å². The Balaban J connectivity index is 2.22. The van der Waals surface area contributed by atoms with Crippen LogP contribution in [0, 0.1) is 0 Å². The van der Waals surface area contributed by atoms with Gasteiger partial charge in [-0.2, -0.15) is 0 Å². The van der Waals surface area contributed by atoms with Gasteiger partial charge in [-0.15, -0.1) is 0 Å². The first kappa shape index (κ1) is 17.8. The Morgan fingerprint density at radius 2 is 2.08 bits per heavy atom. The van der Waals surface area contributed by atoms with Crippen LogP contribution in [0.25, 0.3) is 0 Å². The molecule has 0 aliphatic carbocycles. The SMILES string of the molecule is CCOC(=O)N1CC(=O)Nc2ccc(Br)cc2[C@@H]1c1ccccc1Cl. The number of fused-ring (bicyclic) bond motifs is 1. The van der Waals surface area contributed by atoms with E-state index in [1.54, 1.807) is 19.1 Å². The third-order valence-corrected chi connectivity index (χ3v) is 4.75. The molecule has 1 aliphatic heterocycles. The summed E-state index contributed by atoms with van der Waals surface area (Å²) in [6.07, 6.45) is -0.560. The van der Waals surface area contributed by atoms with Gasteiger partial charge in [-0.3, -0.25) is 9.69 Å². The Labute approximate surface area is 159 Å². The number of rotatable bonds is 2. The summed E-state index contributed by atoms with van der Waals surface area (Å²) in [6.45, 7) is 1.82. The van der Waals surface area contributed by atoms with Crippen LogP contribution in [0.1, 0.15) is 24.1 Å². The van der Waals surface area contributed by atoms with Gasteiger partial charge in [0, 0.05) is 20.7 Å². The maximum Gasteiger partial charge on any atom is 0.411 e. The first-order valence-corrected chi connectivity index (χ1v) is 8.95. The summed E-state index contributed by atoms with van der Waals surface area (Å²) in [5.41, 5.74) is 2.14. The number of hydrogen-bond acceptors (Lipinski definition) is 3. The van der Waals surface area contributed by atoms with E-state index >= 15 is 0 Å². The molecule has 0 spiro atoms. The topological polar surface area (TPSA) is 58.6 Å². The minimum Gasteiger partial charge on any atom is -0.450 e. The van der Waals surface area contributed by atoms with Gasteiger partial charge in [-0.1, -0.05) is 45.7 Å². The number of nitrogens with zero attached hydrogens (tertiary/aromatic N) is 1. The molecule has 1 atom stereocenters. The van der Waals surface area contributed by atoms with Crippen molar-refractivity contribution >= 4 is 45.2 Å². The van der Waals surface area contributed by atoms with Crippen LogP contribution in [-0.2, 0) is 9.53 Å². The van der Waals surface area contributed by atoms with Crippen LogP contribution in [0.3, 0.4) is 0 Å². The molecule has 0 aromatic heterocycles. The summed E-state index contributed by atoms with van der Waals surface area (Å²) in [5.74, 6) is -0.286. The number of ether oxygens (including phenoxy) is 1. The second kappa shape index (κ2) is 7.45. The second-order valence-corrected chi connectivity index (χ2v) is 6.85. The number of nitrogens with one attached hydrogen (secondary N) is 1. The molecule has 0 fully saturated rings. The van der Waals surface area contributed by atoms with Gasteiger partial charge >= 0.3 is 6.09 Å². The minimum absolute atomic E-state index is 0.124. The summed E-state index contributed by atoms with van der Waals surface area (Å²) in [7, 11) is 0. The number of hydrogen-bond donors (Lipinski definition) is 1. The molecule has 2 aromatic rings. The van der Waals surface area contributed by atoms with Crippen molar-refractivity contribution in [3.63, 3.8) is 0 Å². The molecule has 0 saturated carbocycles. The van der Waals surface area contributed by atoms with E-state index in [4.69, 9.17) is 16.3 Å². The molecule has 2 amide bonds. The molecule has 1 heterocycles. The fraction of sp³-hybridized carbons (Fsp3) is 0.222. The van der Waals surface area contributed by atoms with E-state index in [0.717, 1.165) is 15.6 Å². The number of anilines is 1. The van der Waals surface area contributed by atoms with Crippen LogP contribution in [0.5, 0.6) is 0 Å². The van der Waals surface area contributed by atoms with Gasteiger partial charge in [0.2, 0.25) is 5.91 Å². The standard InChI is InChI=1S/C18H16BrClN2O3/c1-2-25-18(24)22-10-16(23)21-15-8-7-11(19)9-13(15)17(22)12-5-3-4-6-14(12)20/h3-9,17H,2,10H2,1H3,(H,21,23)/t17-/m0/s1. The maximum absolute atomic E-state index is 12.6. The average Bonchev–Trinajstić information content (AvgIpc) is 2.71. The summed E-state index contributed by atoms with van der Waals surface area (Å²) in [5, 5.41) is 3.36. The zero-order valence-corrected chi connectivity index (χ0v) is 15.8. The number of amides is 2. The molecule has 1 aliphatic rings. The zero-order chi connectivity index (χ0) is 18.0. The highest BCUT2D eigenvalue weighted by atomic mass is 79.9. The molecular formula is C18H16BrClN2O3. The van der Waals surface area contributed by atoms with Crippen molar-refractivity contribution in [3.8, 4) is 0 Å². The first-order chi connectivity index (χ1) is 12.0. The first-order valence-electron chi connectivity index (χ1n) is 7.78. The Morgan fingerprint density at radius 3 is 2.80 bits per heavy atom. The fourth-order valence-electron chi connectivity index (χ4n) is 2.89. The Morgan fingerprint density at radius 1 is 1.32 bits per heavy atom. The van der Waals surface area contributed by atoms with E-state index in [0.29, 0.717) is 10.7 Å². The van der Waals surface area contributed by atoms with Gasteiger partial charge in [-0.25, -0.2) is 4.79 Å². The largest absolute Gasteiger partial charge is 0.450 e. The molecule has 2 aromatic carbocycles. The van der Waals surface area contributed by atoms with E-state index in [9.17, 15) is 9.59 Å². The highest BCUT2D eigenvalue weighted by molar-refractivity contribution is 9.10. The van der Waals surface area contributed by atoms with Crippen LogP contribution >= 0.6 is 27.5 Å². The zero-order valence-electron chi connectivity index (χ0n) is 13.5. The van der Waals surface area contributed by atoms with Crippen LogP contribution in [0.2, 0.25) is 5.02 Å². The summed E-state index contributed by atoms with van der Waals surface area (Å²) in [4.78, 5) is 26.3. The minimum atomic E-state index is -0.560. The highest BCUT2D eigenvalue weighted by Crippen LogP contribution is 2.39. The molecule has 130 valence electrons. The van der Waals surface area contributed by atoms with Crippen LogP contribution < -0.4 is 5.32 Å². The highest BCUT2D eigenvalue weighted by Gasteiger charge is 2.35. The predicted molar refractivity (Wildman–Crippen MR) is 99.8 cm³/mol. The van der Waals surface area contributed by atoms with Gasteiger partial charge in [0.25, 0.3) is 0 Å². The Kier molecular flexibility index (Phi) is 5.30. The molecule has 25 heavy (non-hydrogen) atoms. The third-order valence-electron chi connectivity index (χ3n) is 3.91. The van der Waals surface area contributed by atoms with Gasteiger partial charge < -0.3 is 10.1 Å². The number of carbonyl (C=O) groups excluding carboxylic acids is 2. The van der Waals surface area contributed by atoms with Crippen molar-refractivity contribution in [1.29, 1.82) is 0 Å². The molecule has 0 saturated heterocycles. The monoisotopic (exact) mass is 422 g/mol. The lowest BCUT2D eigenvalue weighted by atomic mass is 9.96. The lowest BCUT2D eigenvalue weighted by Crippen LogP contribution is -2.39. The number of carbonyl (C=O) groups is 2. The third kappa shape index (κ3) is 3.65. The van der Waals surface area contributed by atoms with Crippen LogP contribution in [-0.4, -0.2) is 30.1 Å². The average molecular weight is 424 g/mol. The maximum atomic E-state index is 12.6. The quantitative estimate of drug-likeness (QED) is 0.768. The predicted octanol–water partition coefficient (Wildman–Crippen LogP) is 4.60. The molecule has 0 radical (unpaired) electrons. The van der Waals surface area contributed by atoms with Gasteiger partial charge in [0.05, 0.1) is 12.6 Å². The van der Waals surface area contributed by atoms with Crippen LogP contribution in [0.4, 0.5) is 10.5 Å². The van der Waals surface area contributed by atoms with Gasteiger partial charge in [-0.05, 0) is 36.8 Å². The molecule has 0 unspecified atom stereocenters. The molecular weight excluding hydrogens is 408 g/mol. The number of benzene rings is 2. The van der Waals surface area contributed by atoms with E-state index in [2.05, 4.69) is 21.2 Å². The molecule has 3 rings (SSSR count). The van der Waals surface area contributed by atoms with Crippen molar-refractivity contribution in [2.45, 2.75) is 13.0 Å². The Bertz CT molecular complexity index is 828. The summed E-state index contributed by atoms with van der Waals surface area (Å²) < 4.78 is 6.01. The van der Waals surface area contributed by atoms with Crippen molar-refractivity contribution in [1.82, 2.24) is 4.90 Å². The normalized spacial score (nSPS) is 16.7. The smallest absolute Gasteiger partial charge is 0.411 e. The van der Waals surface area contributed by atoms with Crippen molar-refractivity contribution in [3.05, 3.63) is 63.1 Å². The summed E-state index contributed by atoms with van der Waals surface area (Å²) in [6, 6.07) is 12.3. The van der Waals surface area contributed by atoms with Gasteiger partial charge in [0.15, 0.2) is 0 Å². The molecule has 5 nitrogen and oxygen atoms in total. The van der Waals surface area contributed by atoms with E-state index in [1.165, 1.54) is 4.90 Å². The van der Waals surface area contributed by atoms with Crippen LogP contribution in [0.15, 0.2) is 46.9 Å². The lowest BCUT2D eigenvalue weighted by Gasteiger charge is -2.30. The molecule has 1 N–H and O–H groups in total. The lowest BCUT2D eigenvalue weighted by molar-refractivity contribution is -0.117. The Hall–Kier alpha value is -2.05. The molecule has 0 bridgehead atoms. The van der Waals surface area contributed by atoms with E-state index < -0.39 is 12.1 Å². The van der Waals surface area contributed by atoms with E-state index in [1.807, 2.05) is 30.3 Å². The van der Waals surface area contributed by atoms with Crippen molar-refractivity contribution in [2.75, 3.05) is 18.5 Å². The molecule has 7 heteroatoms. The van der Waals surface area contributed by atoms with Crippen molar-refractivity contribution in [2.24, 2.45) is 0 Å². The fourth-order valence-corrected chi connectivity index (χ4v) is 3.50. The van der Waals surface area contributed by atoms with E-state index in [-0.39, 0.29) is 19.1 Å². The second-order valence-electron chi connectivity index (χ2n) is 5.53. The number of halogens is 2. The van der Waals surface area contributed by atoms with Gasteiger partial charge in [0.1, 0.15) is 6.54 Å². The summed E-state index contributed by atoms with van der Waals surface area (Å²) >= 11 is 9.86.